The van der Waals surface area contributed by atoms with Gasteiger partial charge in [-0.05, 0) is 67.6 Å². The lowest BCUT2D eigenvalue weighted by atomic mass is 9.78. The highest BCUT2D eigenvalue weighted by Gasteiger charge is 2.23. The van der Waals surface area contributed by atoms with Crippen molar-refractivity contribution in [1.29, 1.82) is 0 Å². The van der Waals surface area contributed by atoms with Gasteiger partial charge in [-0.25, -0.2) is 4.39 Å². The Morgan fingerprint density at radius 1 is 0.757 bits per heavy atom. The molecule has 0 N–H and O–H groups in total. The molecule has 0 amide bonds. The van der Waals surface area contributed by atoms with Gasteiger partial charge in [0.1, 0.15) is 0 Å². The van der Waals surface area contributed by atoms with Gasteiger partial charge in [0.15, 0.2) is 17.3 Å². The second kappa shape index (κ2) is 16.6. The summed E-state index contributed by atoms with van der Waals surface area (Å²) in [5.74, 6) is 3.30. The summed E-state index contributed by atoms with van der Waals surface area (Å²) in [7, 11) is 0. The first kappa shape index (κ1) is 30.2. The summed E-state index contributed by atoms with van der Waals surface area (Å²) in [6.45, 7) is 6.88. The predicted molar refractivity (Wildman–Crippen MR) is 154 cm³/mol. The van der Waals surface area contributed by atoms with Crippen LogP contribution >= 0.6 is 0 Å². The first-order valence-electron chi connectivity index (χ1n) is 16.0. The van der Waals surface area contributed by atoms with E-state index in [4.69, 9.17) is 4.74 Å². The van der Waals surface area contributed by atoms with E-state index >= 15 is 4.39 Å². The SMILES string of the molecule is CCCCCC1CCC(COc2ccc(C(=O)CCCCCC3CCC(CCC)CC3)c(C)c2F)CC1. The van der Waals surface area contributed by atoms with Gasteiger partial charge in [0.2, 0.25) is 0 Å². The molecule has 0 radical (unpaired) electrons. The Labute approximate surface area is 227 Å². The van der Waals surface area contributed by atoms with Crippen LogP contribution in [0.2, 0.25) is 0 Å². The molecule has 0 aliphatic heterocycles. The number of rotatable bonds is 16. The zero-order chi connectivity index (χ0) is 26.5. The molecule has 0 saturated heterocycles. The van der Waals surface area contributed by atoms with Gasteiger partial charge in [0.25, 0.3) is 0 Å². The molecule has 37 heavy (non-hydrogen) atoms. The van der Waals surface area contributed by atoms with E-state index in [2.05, 4.69) is 13.8 Å². The van der Waals surface area contributed by atoms with Gasteiger partial charge in [-0.2, -0.15) is 0 Å². The van der Waals surface area contributed by atoms with Crippen molar-refractivity contribution in [1.82, 2.24) is 0 Å². The molecule has 2 aliphatic rings. The molecular weight excluding hydrogens is 459 g/mol. The molecule has 3 rings (SSSR count). The predicted octanol–water partition coefficient (Wildman–Crippen LogP) is 10.6. The minimum Gasteiger partial charge on any atom is -0.490 e. The van der Waals surface area contributed by atoms with Crippen LogP contribution in [-0.2, 0) is 0 Å². The highest BCUT2D eigenvalue weighted by Crippen LogP contribution is 2.35. The minimum absolute atomic E-state index is 0.0735. The third kappa shape index (κ3) is 10.0. The average molecular weight is 515 g/mol. The third-order valence-corrected chi connectivity index (χ3v) is 9.49. The van der Waals surface area contributed by atoms with Gasteiger partial charge in [0.05, 0.1) is 6.61 Å². The number of carbonyl (C=O) groups excluding carboxylic acids is 1. The zero-order valence-electron chi connectivity index (χ0n) is 24.3. The second-order valence-corrected chi connectivity index (χ2v) is 12.4. The number of hydrogen-bond acceptors (Lipinski definition) is 2. The average Bonchev–Trinajstić information content (AvgIpc) is 2.91. The van der Waals surface area contributed by atoms with Crippen LogP contribution in [0.5, 0.6) is 5.75 Å². The lowest BCUT2D eigenvalue weighted by molar-refractivity contribution is 0.0977. The Kier molecular flexibility index (Phi) is 13.5. The van der Waals surface area contributed by atoms with Gasteiger partial charge in [-0.1, -0.05) is 110 Å². The number of benzene rings is 1. The molecule has 1 aromatic carbocycles. The van der Waals surface area contributed by atoms with Gasteiger partial charge in [-0.15, -0.1) is 0 Å². The Morgan fingerprint density at radius 2 is 1.32 bits per heavy atom. The first-order valence-corrected chi connectivity index (χ1v) is 16.0. The molecule has 210 valence electrons. The van der Waals surface area contributed by atoms with Crippen molar-refractivity contribution in [3.8, 4) is 5.75 Å². The highest BCUT2D eigenvalue weighted by molar-refractivity contribution is 5.97. The molecule has 0 unspecified atom stereocenters. The summed E-state index contributed by atoms with van der Waals surface area (Å²) in [6.07, 6.45) is 23.7. The molecule has 1 aromatic rings. The number of hydrogen-bond donors (Lipinski definition) is 0. The fraction of sp³-hybridized carbons (Fsp3) is 0.794. The van der Waals surface area contributed by atoms with E-state index in [-0.39, 0.29) is 11.6 Å². The molecule has 2 aliphatic carbocycles. The van der Waals surface area contributed by atoms with Crippen molar-refractivity contribution < 1.29 is 13.9 Å². The monoisotopic (exact) mass is 514 g/mol. The number of ether oxygens (including phenoxy) is 1. The van der Waals surface area contributed by atoms with E-state index in [1.54, 1.807) is 19.1 Å². The van der Waals surface area contributed by atoms with Crippen molar-refractivity contribution in [2.75, 3.05) is 6.61 Å². The summed E-state index contributed by atoms with van der Waals surface area (Å²) in [6, 6.07) is 3.47. The molecular formula is C34H55FO2. The summed E-state index contributed by atoms with van der Waals surface area (Å²) >= 11 is 0. The molecule has 0 heterocycles. The van der Waals surface area contributed by atoms with E-state index in [0.29, 0.717) is 35.8 Å². The fourth-order valence-electron chi connectivity index (χ4n) is 6.90. The summed E-state index contributed by atoms with van der Waals surface area (Å²) in [4.78, 5) is 12.8. The van der Waals surface area contributed by atoms with Crippen LogP contribution in [0, 0.1) is 36.4 Å². The van der Waals surface area contributed by atoms with Crippen molar-refractivity contribution >= 4 is 5.78 Å². The molecule has 0 spiro atoms. The van der Waals surface area contributed by atoms with Crippen LogP contribution in [-0.4, -0.2) is 12.4 Å². The summed E-state index contributed by atoms with van der Waals surface area (Å²) in [5, 5.41) is 0. The van der Waals surface area contributed by atoms with Crippen LogP contribution in [0.15, 0.2) is 12.1 Å². The van der Waals surface area contributed by atoms with Gasteiger partial charge >= 0.3 is 0 Å². The van der Waals surface area contributed by atoms with Gasteiger partial charge in [0, 0.05) is 12.0 Å². The largest absolute Gasteiger partial charge is 0.490 e. The van der Waals surface area contributed by atoms with E-state index in [1.165, 1.54) is 103 Å². The third-order valence-electron chi connectivity index (χ3n) is 9.49. The standard InChI is InChI=1S/C34H55FO2/c1-4-6-8-12-28-19-21-30(22-20-28)25-37-33-24-23-31(26(3)34(33)35)32(36)14-10-7-9-13-29-17-15-27(11-5-2)16-18-29/h23-24,27-30H,4-22,25H2,1-3H3. The maximum absolute atomic E-state index is 15.1. The fourth-order valence-corrected chi connectivity index (χ4v) is 6.90. The molecule has 0 atom stereocenters. The lowest BCUT2D eigenvalue weighted by Gasteiger charge is -2.28. The van der Waals surface area contributed by atoms with Crippen LogP contribution in [0.3, 0.4) is 0 Å². The molecule has 0 bridgehead atoms. The number of ketones is 1. The zero-order valence-corrected chi connectivity index (χ0v) is 24.3. The first-order chi connectivity index (χ1) is 18.0. The molecule has 2 saturated carbocycles. The Hall–Kier alpha value is -1.38. The quantitative estimate of drug-likeness (QED) is 0.162. The molecule has 2 fully saturated rings. The van der Waals surface area contributed by atoms with Gasteiger partial charge < -0.3 is 4.74 Å². The smallest absolute Gasteiger partial charge is 0.168 e. The van der Waals surface area contributed by atoms with E-state index < -0.39 is 0 Å². The molecule has 0 aromatic heterocycles. The number of unbranched alkanes of at least 4 members (excludes halogenated alkanes) is 4. The van der Waals surface area contributed by atoms with Crippen LogP contribution in [0.25, 0.3) is 0 Å². The lowest BCUT2D eigenvalue weighted by Crippen LogP contribution is -2.20. The van der Waals surface area contributed by atoms with Crippen LogP contribution < -0.4 is 4.74 Å². The van der Waals surface area contributed by atoms with E-state index in [1.807, 2.05) is 0 Å². The van der Waals surface area contributed by atoms with Crippen molar-refractivity contribution in [3.63, 3.8) is 0 Å². The van der Waals surface area contributed by atoms with Crippen LogP contribution in [0.4, 0.5) is 4.39 Å². The second-order valence-electron chi connectivity index (χ2n) is 12.4. The maximum atomic E-state index is 15.1. The maximum Gasteiger partial charge on any atom is 0.168 e. The van der Waals surface area contributed by atoms with Crippen molar-refractivity contribution in [2.45, 2.75) is 143 Å². The molecule has 3 heteroatoms. The number of halogens is 1. The number of Topliss-reactive ketones (excluding diaryl/α,β-unsaturated/α-hetero) is 1. The molecule has 2 nitrogen and oxygen atoms in total. The van der Waals surface area contributed by atoms with Gasteiger partial charge in [-0.3, -0.25) is 4.79 Å². The number of carbonyl (C=O) groups is 1. The minimum atomic E-state index is -0.349. The Balaban J connectivity index is 1.33. The summed E-state index contributed by atoms with van der Waals surface area (Å²) in [5.41, 5.74) is 0.984. The van der Waals surface area contributed by atoms with E-state index in [0.717, 1.165) is 30.6 Å². The van der Waals surface area contributed by atoms with Crippen molar-refractivity contribution in [3.05, 3.63) is 29.1 Å². The van der Waals surface area contributed by atoms with E-state index in [9.17, 15) is 4.79 Å². The highest BCUT2D eigenvalue weighted by atomic mass is 19.1. The van der Waals surface area contributed by atoms with Crippen molar-refractivity contribution in [2.24, 2.45) is 23.7 Å². The van der Waals surface area contributed by atoms with Crippen LogP contribution in [0.1, 0.15) is 152 Å². The Bertz CT molecular complexity index is 787. The normalized spacial score (nSPS) is 24.2. The topological polar surface area (TPSA) is 26.3 Å². The summed E-state index contributed by atoms with van der Waals surface area (Å²) < 4.78 is 21.0. The Morgan fingerprint density at radius 3 is 1.92 bits per heavy atom.